The molecule has 4 nitrogen and oxygen atoms in total. The van der Waals surface area contributed by atoms with Crippen LogP contribution in [-0.2, 0) is 11.2 Å². The van der Waals surface area contributed by atoms with Crippen LogP contribution >= 0.6 is 0 Å². The Morgan fingerprint density at radius 3 is 2.50 bits per heavy atom. The van der Waals surface area contributed by atoms with Crippen LogP contribution in [0.15, 0.2) is 24.3 Å². The molecule has 1 aromatic rings. The Balaban J connectivity index is 2.46. The molecule has 0 saturated carbocycles. The van der Waals surface area contributed by atoms with E-state index in [9.17, 15) is 4.79 Å². The van der Waals surface area contributed by atoms with Crippen LogP contribution in [0.5, 0.6) is 5.75 Å². The molecule has 2 N–H and O–H groups in total. The van der Waals surface area contributed by atoms with E-state index in [1.165, 1.54) is 5.56 Å². The van der Waals surface area contributed by atoms with Crippen LogP contribution in [0.1, 0.15) is 18.9 Å². The predicted molar refractivity (Wildman–Crippen MR) is 59.6 cm³/mol. The molecule has 0 aliphatic rings. The zero-order valence-electron chi connectivity index (χ0n) is 9.22. The number of aliphatic hydroxyl groups is 1. The maximum absolute atomic E-state index is 10.3. The van der Waals surface area contributed by atoms with Crippen LogP contribution < -0.4 is 4.74 Å². The molecule has 1 rings (SSSR count). The van der Waals surface area contributed by atoms with Crippen molar-refractivity contribution in [3.05, 3.63) is 29.8 Å². The summed E-state index contributed by atoms with van der Waals surface area (Å²) < 4.78 is 5.13. The smallest absolute Gasteiger partial charge is 0.336 e. The highest BCUT2D eigenvalue weighted by atomic mass is 16.5. The molecule has 1 aromatic carbocycles. The van der Waals surface area contributed by atoms with E-state index >= 15 is 0 Å². The Morgan fingerprint density at radius 2 is 2.00 bits per heavy atom. The summed E-state index contributed by atoms with van der Waals surface area (Å²) in [6.45, 7) is 1.87. The van der Waals surface area contributed by atoms with Crippen LogP contribution in [0.25, 0.3) is 0 Å². The lowest BCUT2D eigenvalue weighted by molar-refractivity contribution is -0.148. The highest BCUT2D eigenvalue weighted by Crippen LogP contribution is 2.13. The molecule has 1 atom stereocenters. The van der Waals surface area contributed by atoms with Gasteiger partial charge in [0.1, 0.15) is 12.4 Å². The van der Waals surface area contributed by atoms with Gasteiger partial charge in [0.25, 0.3) is 0 Å². The van der Waals surface area contributed by atoms with Gasteiger partial charge in [-0.15, -0.1) is 0 Å². The first-order valence-electron chi connectivity index (χ1n) is 5.26. The van der Waals surface area contributed by atoms with Gasteiger partial charge >= 0.3 is 5.97 Å². The second-order valence-electron chi connectivity index (χ2n) is 3.56. The van der Waals surface area contributed by atoms with Crippen molar-refractivity contribution >= 4 is 5.97 Å². The minimum atomic E-state index is -1.48. The largest absolute Gasteiger partial charge is 0.490 e. The average Bonchev–Trinajstić information content (AvgIpc) is 2.28. The van der Waals surface area contributed by atoms with Gasteiger partial charge in [0.15, 0.2) is 6.10 Å². The second-order valence-corrected chi connectivity index (χ2v) is 3.56. The summed E-state index contributed by atoms with van der Waals surface area (Å²) in [4.78, 5) is 10.3. The fraction of sp³-hybridized carbons (Fsp3) is 0.417. The van der Waals surface area contributed by atoms with Gasteiger partial charge < -0.3 is 14.9 Å². The first-order chi connectivity index (χ1) is 7.63. The summed E-state index contributed by atoms with van der Waals surface area (Å²) in [6.07, 6.45) is 0.617. The summed E-state index contributed by atoms with van der Waals surface area (Å²) in [5, 5.41) is 17.4. The molecule has 0 aliphatic heterocycles. The van der Waals surface area contributed by atoms with Gasteiger partial charge in [0, 0.05) is 0 Å². The Hall–Kier alpha value is -1.55. The molecule has 0 saturated heterocycles. The second kappa shape index (κ2) is 6.12. The van der Waals surface area contributed by atoms with E-state index in [1.807, 2.05) is 12.1 Å². The number of carbonyl (C=O) groups is 1. The number of benzene rings is 1. The SMILES string of the molecule is CCCc1ccc(OCC(O)C(=O)O)cc1. The third kappa shape index (κ3) is 3.90. The average molecular weight is 224 g/mol. The highest BCUT2D eigenvalue weighted by molar-refractivity contribution is 5.72. The molecule has 0 amide bonds. The molecule has 0 fully saturated rings. The van der Waals surface area contributed by atoms with Crippen molar-refractivity contribution in [3.63, 3.8) is 0 Å². The van der Waals surface area contributed by atoms with Crippen molar-refractivity contribution < 1.29 is 19.7 Å². The summed E-state index contributed by atoms with van der Waals surface area (Å²) >= 11 is 0. The minimum Gasteiger partial charge on any atom is -0.490 e. The van der Waals surface area contributed by atoms with Gasteiger partial charge in [-0.25, -0.2) is 4.79 Å². The summed E-state index contributed by atoms with van der Waals surface area (Å²) in [6, 6.07) is 7.43. The molecule has 4 heteroatoms. The van der Waals surface area contributed by atoms with Crippen molar-refractivity contribution in [1.29, 1.82) is 0 Å². The number of hydrogen-bond acceptors (Lipinski definition) is 3. The number of rotatable bonds is 6. The lowest BCUT2D eigenvalue weighted by Gasteiger charge is -2.09. The van der Waals surface area contributed by atoms with Gasteiger partial charge in [0.05, 0.1) is 0 Å². The zero-order valence-corrected chi connectivity index (χ0v) is 9.22. The van der Waals surface area contributed by atoms with Crippen LogP contribution in [0.2, 0.25) is 0 Å². The molecular weight excluding hydrogens is 208 g/mol. The van der Waals surface area contributed by atoms with Crippen molar-refractivity contribution in [2.75, 3.05) is 6.61 Å². The summed E-state index contributed by atoms with van der Waals surface area (Å²) in [5.74, 6) is -0.706. The first kappa shape index (κ1) is 12.5. The van der Waals surface area contributed by atoms with Crippen molar-refractivity contribution in [2.24, 2.45) is 0 Å². The quantitative estimate of drug-likeness (QED) is 0.767. The Kier molecular flexibility index (Phi) is 4.79. The monoisotopic (exact) mass is 224 g/mol. The third-order valence-electron chi connectivity index (χ3n) is 2.15. The maximum atomic E-state index is 10.3. The number of carboxylic acids is 1. The van der Waals surface area contributed by atoms with Gasteiger partial charge in [-0.1, -0.05) is 25.5 Å². The van der Waals surface area contributed by atoms with Gasteiger partial charge in [-0.05, 0) is 24.1 Å². The normalized spacial score (nSPS) is 12.1. The maximum Gasteiger partial charge on any atom is 0.336 e. The van der Waals surface area contributed by atoms with Gasteiger partial charge in [0.2, 0.25) is 0 Å². The lowest BCUT2D eigenvalue weighted by Crippen LogP contribution is -2.26. The van der Waals surface area contributed by atoms with Gasteiger partial charge in [-0.2, -0.15) is 0 Å². The molecule has 0 bridgehead atoms. The zero-order chi connectivity index (χ0) is 12.0. The molecule has 1 unspecified atom stereocenters. The molecule has 0 spiro atoms. The summed E-state index contributed by atoms with van der Waals surface area (Å²) in [7, 11) is 0. The van der Waals surface area contributed by atoms with Crippen LogP contribution in [-0.4, -0.2) is 28.9 Å². The molecule has 0 aromatic heterocycles. The van der Waals surface area contributed by atoms with E-state index in [0.29, 0.717) is 5.75 Å². The summed E-state index contributed by atoms with van der Waals surface area (Å²) in [5.41, 5.74) is 1.22. The topological polar surface area (TPSA) is 66.8 Å². The molecule has 0 radical (unpaired) electrons. The van der Waals surface area contributed by atoms with E-state index < -0.39 is 12.1 Å². The van der Waals surface area contributed by atoms with Crippen LogP contribution in [0.4, 0.5) is 0 Å². The van der Waals surface area contributed by atoms with Crippen molar-refractivity contribution in [1.82, 2.24) is 0 Å². The Morgan fingerprint density at radius 1 is 1.38 bits per heavy atom. The molecule has 0 heterocycles. The Bertz CT molecular complexity index is 331. The lowest BCUT2D eigenvalue weighted by atomic mass is 10.1. The predicted octanol–water partition coefficient (Wildman–Crippen LogP) is 1.46. The van der Waals surface area contributed by atoms with E-state index in [2.05, 4.69) is 6.92 Å². The van der Waals surface area contributed by atoms with Crippen LogP contribution in [0.3, 0.4) is 0 Å². The number of aliphatic hydroxyl groups excluding tert-OH is 1. The van der Waals surface area contributed by atoms with E-state index in [4.69, 9.17) is 14.9 Å². The van der Waals surface area contributed by atoms with Crippen molar-refractivity contribution in [2.45, 2.75) is 25.9 Å². The minimum absolute atomic E-state index is 0.234. The fourth-order valence-electron chi connectivity index (χ4n) is 1.29. The third-order valence-corrected chi connectivity index (χ3v) is 2.15. The number of aliphatic carboxylic acids is 1. The Labute approximate surface area is 94.5 Å². The van der Waals surface area contributed by atoms with E-state index in [1.54, 1.807) is 12.1 Å². The number of carboxylic acid groups (broad SMARTS) is 1. The number of hydrogen-bond donors (Lipinski definition) is 2. The molecular formula is C12H16O4. The van der Waals surface area contributed by atoms with E-state index in [0.717, 1.165) is 12.8 Å². The number of aryl methyl sites for hydroxylation is 1. The molecule has 88 valence electrons. The highest BCUT2D eigenvalue weighted by Gasteiger charge is 2.13. The first-order valence-corrected chi connectivity index (χ1v) is 5.26. The standard InChI is InChI=1S/C12H16O4/c1-2-3-9-4-6-10(7-5-9)16-8-11(13)12(14)15/h4-7,11,13H,2-3,8H2,1H3,(H,14,15). The van der Waals surface area contributed by atoms with Crippen molar-refractivity contribution in [3.8, 4) is 5.75 Å². The molecule has 16 heavy (non-hydrogen) atoms. The number of ether oxygens (including phenoxy) is 1. The van der Waals surface area contributed by atoms with E-state index in [-0.39, 0.29) is 6.61 Å². The van der Waals surface area contributed by atoms with Crippen LogP contribution in [0, 0.1) is 0 Å². The molecule has 0 aliphatic carbocycles. The van der Waals surface area contributed by atoms with Gasteiger partial charge in [-0.3, -0.25) is 0 Å². The fourth-order valence-corrected chi connectivity index (χ4v) is 1.29.